The van der Waals surface area contributed by atoms with E-state index in [1.165, 1.54) is 0 Å². The van der Waals surface area contributed by atoms with E-state index >= 15 is 0 Å². The first kappa shape index (κ1) is 20.0. The molecule has 1 aromatic carbocycles. The van der Waals surface area contributed by atoms with Crippen molar-refractivity contribution in [3.05, 3.63) is 34.9 Å². The zero-order valence-corrected chi connectivity index (χ0v) is 16.6. The van der Waals surface area contributed by atoms with Gasteiger partial charge in [-0.25, -0.2) is 0 Å². The number of nitrogens with zero attached hydrogens (tertiary/aromatic N) is 3. The number of hydrogen-bond acceptors (Lipinski definition) is 3. The lowest BCUT2D eigenvalue weighted by Gasteiger charge is -2.42. The van der Waals surface area contributed by atoms with E-state index in [9.17, 15) is 0 Å². The van der Waals surface area contributed by atoms with Crippen LogP contribution in [-0.4, -0.2) is 68.7 Å². The van der Waals surface area contributed by atoms with E-state index in [1.807, 2.05) is 18.2 Å². The smallest absolute Gasteiger partial charge is 0.194 e. The van der Waals surface area contributed by atoms with Gasteiger partial charge in [-0.15, -0.1) is 0 Å². The molecule has 140 valence electrons. The van der Waals surface area contributed by atoms with Crippen LogP contribution in [0.2, 0.25) is 5.02 Å². The molecule has 1 fully saturated rings. The summed E-state index contributed by atoms with van der Waals surface area (Å²) in [7, 11) is 6.33. The Balaban J connectivity index is 2.12. The highest BCUT2D eigenvalue weighted by molar-refractivity contribution is 6.31. The van der Waals surface area contributed by atoms with Crippen LogP contribution in [0.25, 0.3) is 0 Å². The molecule has 2 rings (SSSR count). The highest BCUT2D eigenvalue weighted by atomic mass is 35.5. The number of guanidine groups is 1. The van der Waals surface area contributed by atoms with Crippen molar-refractivity contribution in [2.45, 2.75) is 31.8 Å². The minimum atomic E-state index is 0.0736. The SMILES string of the molecule is CCNC(=NCC1(N(C)C)CCOCC1)N(C)Cc1ccccc1Cl. The number of nitrogens with one attached hydrogen (secondary N) is 1. The van der Waals surface area contributed by atoms with Gasteiger partial charge in [-0.3, -0.25) is 4.99 Å². The fourth-order valence-electron chi connectivity index (χ4n) is 3.15. The molecule has 1 aromatic rings. The van der Waals surface area contributed by atoms with Crippen molar-refractivity contribution in [2.75, 3.05) is 47.4 Å². The molecular formula is C19H31ClN4O. The van der Waals surface area contributed by atoms with Crippen LogP contribution in [0.4, 0.5) is 0 Å². The lowest BCUT2D eigenvalue weighted by Crippen LogP contribution is -2.51. The first-order valence-corrected chi connectivity index (χ1v) is 9.34. The molecule has 0 spiro atoms. The summed E-state index contributed by atoms with van der Waals surface area (Å²) >= 11 is 6.31. The van der Waals surface area contributed by atoms with Gasteiger partial charge in [0.15, 0.2) is 5.96 Å². The molecule has 0 unspecified atom stereocenters. The number of hydrogen-bond donors (Lipinski definition) is 1. The second-order valence-corrected chi connectivity index (χ2v) is 7.26. The molecule has 0 atom stereocenters. The van der Waals surface area contributed by atoms with Gasteiger partial charge < -0.3 is 19.9 Å². The zero-order chi connectivity index (χ0) is 18.3. The molecule has 5 nitrogen and oxygen atoms in total. The summed E-state index contributed by atoms with van der Waals surface area (Å²) in [4.78, 5) is 9.38. The van der Waals surface area contributed by atoms with Gasteiger partial charge in [-0.05, 0) is 45.5 Å². The number of benzene rings is 1. The van der Waals surface area contributed by atoms with Crippen LogP contribution in [0.15, 0.2) is 29.3 Å². The quantitative estimate of drug-likeness (QED) is 0.620. The molecule has 1 heterocycles. The zero-order valence-electron chi connectivity index (χ0n) is 15.9. The molecule has 1 saturated heterocycles. The van der Waals surface area contributed by atoms with Gasteiger partial charge in [0.2, 0.25) is 0 Å². The third-order valence-corrected chi connectivity index (χ3v) is 5.33. The van der Waals surface area contributed by atoms with Crippen molar-refractivity contribution in [2.24, 2.45) is 4.99 Å². The van der Waals surface area contributed by atoms with Crippen molar-refractivity contribution >= 4 is 17.6 Å². The third kappa shape index (κ3) is 5.33. The molecule has 0 aliphatic carbocycles. The predicted octanol–water partition coefficient (Wildman–Crippen LogP) is 2.85. The van der Waals surface area contributed by atoms with Crippen LogP contribution in [0.1, 0.15) is 25.3 Å². The lowest BCUT2D eigenvalue weighted by molar-refractivity contribution is -0.00262. The number of halogens is 1. The minimum absolute atomic E-state index is 0.0736. The van der Waals surface area contributed by atoms with Crippen LogP contribution >= 0.6 is 11.6 Å². The predicted molar refractivity (Wildman–Crippen MR) is 105 cm³/mol. The minimum Gasteiger partial charge on any atom is -0.381 e. The van der Waals surface area contributed by atoms with Crippen LogP contribution in [0.5, 0.6) is 0 Å². The fraction of sp³-hybridized carbons (Fsp3) is 0.632. The Hall–Kier alpha value is -1.30. The standard InChI is InChI=1S/C19H31ClN4O/c1-5-21-18(24(4)14-16-8-6-7-9-17(16)20)22-15-19(23(2)3)10-12-25-13-11-19/h6-9H,5,10-15H2,1-4H3,(H,21,22). The van der Waals surface area contributed by atoms with E-state index in [0.717, 1.165) is 62.2 Å². The largest absolute Gasteiger partial charge is 0.381 e. The summed E-state index contributed by atoms with van der Waals surface area (Å²) in [5, 5.41) is 4.19. The molecule has 6 heteroatoms. The van der Waals surface area contributed by atoms with E-state index in [2.05, 4.69) is 49.2 Å². The fourth-order valence-corrected chi connectivity index (χ4v) is 3.34. The summed E-state index contributed by atoms with van der Waals surface area (Å²) < 4.78 is 5.55. The van der Waals surface area contributed by atoms with Gasteiger partial charge in [-0.1, -0.05) is 29.8 Å². The molecular weight excluding hydrogens is 336 g/mol. The van der Waals surface area contributed by atoms with Gasteiger partial charge in [0.1, 0.15) is 0 Å². The highest BCUT2D eigenvalue weighted by Crippen LogP contribution is 2.26. The van der Waals surface area contributed by atoms with Crippen LogP contribution in [0.3, 0.4) is 0 Å². The van der Waals surface area contributed by atoms with Crippen LogP contribution < -0.4 is 5.32 Å². The van der Waals surface area contributed by atoms with E-state index in [4.69, 9.17) is 21.3 Å². The summed E-state index contributed by atoms with van der Waals surface area (Å²) in [5.74, 6) is 0.912. The molecule has 1 aliphatic rings. The third-order valence-electron chi connectivity index (χ3n) is 4.96. The second-order valence-electron chi connectivity index (χ2n) is 6.85. The van der Waals surface area contributed by atoms with E-state index in [1.54, 1.807) is 0 Å². The van der Waals surface area contributed by atoms with Crippen LogP contribution in [-0.2, 0) is 11.3 Å². The molecule has 1 N–H and O–H groups in total. The first-order chi connectivity index (χ1) is 12.0. The Bertz CT molecular complexity index is 570. The van der Waals surface area contributed by atoms with Gasteiger partial charge >= 0.3 is 0 Å². The molecule has 1 aliphatic heterocycles. The van der Waals surface area contributed by atoms with Gasteiger partial charge in [0.05, 0.1) is 6.54 Å². The Kier molecular flexibility index (Phi) is 7.54. The maximum atomic E-state index is 6.31. The maximum Gasteiger partial charge on any atom is 0.194 e. The van der Waals surface area contributed by atoms with E-state index in [-0.39, 0.29) is 5.54 Å². The van der Waals surface area contributed by atoms with Crippen molar-refractivity contribution in [1.29, 1.82) is 0 Å². The summed E-state index contributed by atoms with van der Waals surface area (Å²) in [6.07, 6.45) is 2.02. The number of rotatable bonds is 6. The number of likely N-dealkylation sites (N-methyl/N-ethyl adjacent to an activating group) is 1. The Morgan fingerprint density at radius 3 is 2.52 bits per heavy atom. The molecule has 0 amide bonds. The molecule has 25 heavy (non-hydrogen) atoms. The normalized spacial score (nSPS) is 17.6. The summed E-state index contributed by atoms with van der Waals surface area (Å²) in [6.45, 7) is 6.03. The highest BCUT2D eigenvalue weighted by Gasteiger charge is 2.34. The van der Waals surface area contributed by atoms with Crippen molar-refractivity contribution in [1.82, 2.24) is 15.1 Å². The van der Waals surface area contributed by atoms with Gasteiger partial charge in [0.25, 0.3) is 0 Å². The number of ether oxygens (including phenoxy) is 1. The van der Waals surface area contributed by atoms with Gasteiger partial charge in [-0.2, -0.15) is 0 Å². The molecule has 0 aromatic heterocycles. The van der Waals surface area contributed by atoms with E-state index in [0.29, 0.717) is 0 Å². The topological polar surface area (TPSA) is 40.1 Å². The monoisotopic (exact) mass is 366 g/mol. The van der Waals surface area contributed by atoms with E-state index < -0.39 is 0 Å². The average Bonchev–Trinajstić information content (AvgIpc) is 2.61. The molecule has 0 bridgehead atoms. The van der Waals surface area contributed by atoms with Crippen molar-refractivity contribution < 1.29 is 4.74 Å². The Morgan fingerprint density at radius 1 is 1.24 bits per heavy atom. The molecule has 0 radical (unpaired) electrons. The Morgan fingerprint density at radius 2 is 1.92 bits per heavy atom. The van der Waals surface area contributed by atoms with Crippen molar-refractivity contribution in [3.8, 4) is 0 Å². The summed E-state index contributed by atoms with van der Waals surface area (Å²) in [6, 6.07) is 7.96. The average molecular weight is 367 g/mol. The van der Waals surface area contributed by atoms with Crippen LogP contribution in [0, 0.1) is 0 Å². The van der Waals surface area contributed by atoms with Gasteiger partial charge in [0, 0.05) is 43.9 Å². The second kappa shape index (κ2) is 9.41. The lowest BCUT2D eigenvalue weighted by atomic mass is 9.89. The summed E-state index contributed by atoms with van der Waals surface area (Å²) in [5.41, 5.74) is 1.18. The molecule has 0 saturated carbocycles. The first-order valence-electron chi connectivity index (χ1n) is 8.96. The number of aliphatic imine (C=N–C) groups is 1. The van der Waals surface area contributed by atoms with Crippen molar-refractivity contribution in [3.63, 3.8) is 0 Å². The maximum absolute atomic E-state index is 6.31. The Labute approximate surface area is 157 Å².